The molecule has 2 atom stereocenters. The number of hydrogen-bond acceptors (Lipinski definition) is 3. The zero-order chi connectivity index (χ0) is 14.5. The molecule has 1 saturated carbocycles. The van der Waals surface area contributed by atoms with Gasteiger partial charge in [-0.25, -0.2) is 0 Å². The summed E-state index contributed by atoms with van der Waals surface area (Å²) in [7, 11) is 0. The molecule has 1 amide bonds. The van der Waals surface area contributed by atoms with Crippen LogP contribution >= 0.6 is 0 Å². The summed E-state index contributed by atoms with van der Waals surface area (Å²) >= 11 is 0. The van der Waals surface area contributed by atoms with Crippen molar-refractivity contribution in [3.05, 3.63) is 0 Å². The maximum Gasteiger partial charge on any atom is 0.223 e. The molecule has 1 aliphatic heterocycles. The van der Waals surface area contributed by atoms with Crippen molar-refractivity contribution in [1.29, 1.82) is 0 Å². The number of amides is 1. The summed E-state index contributed by atoms with van der Waals surface area (Å²) < 4.78 is 5.43. The molecule has 116 valence electrons. The molecule has 0 radical (unpaired) electrons. The van der Waals surface area contributed by atoms with Crippen LogP contribution in [0.4, 0.5) is 0 Å². The molecular formula is C16H30N2O2. The van der Waals surface area contributed by atoms with Gasteiger partial charge in [-0.3, -0.25) is 4.79 Å². The molecule has 0 aromatic heterocycles. The Morgan fingerprint density at radius 3 is 2.60 bits per heavy atom. The lowest BCUT2D eigenvalue weighted by molar-refractivity contribution is -0.133. The van der Waals surface area contributed by atoms with Gasteiger partial charge in [0, 0.05) is 31.5 Å². The van der Waals surface area contributed by atoms with Gasteiger partial charge >= 0.3 is 0 Å². The third-order valence-electron chi connectivity index (χ3n) is 4.39. The Hall–Kier alpha value is -0.610. The first kappa shape index (κ1) is 15.8. The van der Waals surface area contributed by atoms with Gasteiger partial charge in [0.25, 0.3) is 0 Å². The molecule has 1 unspecified atom stereocenters. The number of hydrogen-bond donors (Lipinski definition) is 1. The van der Waals surface area contributed by atoms with Crippen molar-refractivity contribution in [2.24, 2.45) is 23.5 Å². The van der Waals surface area contributed by atoms with Crippen molar-refractivity contribution in [2.75, 3.05) is 26.3 Å². The van der Waals surface area contributed by atoms with Crippen LogP contribution in [0.15, 0.2) is 0 Å². The molecule has 0 bridgehead atoms. The molecular weight excluding hydrogens is 252 g/mol. The first-order valence-corrected chi connectivity index (χ1v) is 8.17. The van der Waals surface area contributed by atoms with Crippen LogP contribution in [0, 0.1) is 17.8 Å². The zero-order valence-corrected chi connectivity index (χ0v) is 13.0. The third kappa shape index (κ3) is 4.74. The Bertz CT molecular complexity index is 310. The maximum atomic E-state index is 12.6. The standard InChI is InChI=1S/C16H30N2O2/c1-12(2)7-14(9-17)8-16(19)18(15-3-4-15)10-13-5-6-20-11-13/h12-15H,3-11,17H2,1-2H3/t13?,14-/m0/s1. The van der Waals surface area contributed by atoms with Crippen molar-refractivity contribution >= 4 is 5.91 Å². The second-order valence-electron chi connectivity index (χ2n) is 6.94. The lowest BCUT2D eigenvalue weighted by Crippen LogP contribution is -2.39. The third-order valence-corrected chi connectivity index (χ3v) is 4.39. The normalized spacial score (nSPS) is 24.1. The monoisotopic (exact) mass is 282 g/mol. The van der Waals surface area contributed by atoms with Gasteiger partial charge in [-0.05, 0) is 44.1 Å². The molecule has 2 N–H and O–H groups in total. The molecule has 1 aliphatic carbocycles. The number of carbonyl (C=O) groups is 1. The van der Waals surface area contributed by atoms with Gasteiger partial charge in [0.2, 0.25) is 5.91 Å². The molecule has 0 aromatic carbocycles. The van der Waals surface area contributed by atoms with Crippen LogP contribution in [0.2, 0.25) is 0 Å². The summed E-state index contributed by atoms with van der Waals surface area (Å²) in [4.78, 5) is 14.7. The van der Waals surface area contributed by atoms with Crippen molar-refractivity contribution in [1.82, 2.24) is 4.90 Å². The van der Waals surface area contributed by atoms with Crippen LogP contribution in [-0.2, 0) is 9.53 Å². The van der Waals surface area contributed by atoms with Gasteiger partial charge in [0.05, 0.1) is 6.61 Å². The van der Waals surface area contributed by atoms with Crippen molar-refractivity contribution in [3.63, 3.8) is 0 Å². The average molecular weight is 282 g/mol. The number of rotatable bonds is 8. The second kappa shape index (κ2) is 7.41. The number of nitrogens with two attached hydrogens (primary N) is 1. The van der Waals surface area contributed by atoms with Crippen LogP contribution in [-0.4, -0.2) is 43.2 Å². The average Bonchev–Trinajstić information content (AvgIpc) is 3.11. The summed E-state index contributed by atoms with van der Waals surface area (Å²) in [6.07, 6.45) is 5.13. The van der Waals surface area contributed by atoms with Crippen molar-refractivity contribution < 1.29 is 9.53 Å². The number of nitrogens with zero attached hydrogens (tertiary/aromatic N) is 1. The van der Waals surface area contributed by atoms with Gasteiger partial charge < -0.3 is 15.4 Å². The lowest BCUT2D eigenvalue weighted by Gasteiger charge is -2.27. The Balaban J connectivity index is 1.85. The minimum Gasteiger partial charge on any atom is -0.381 e. The summed E-state index contributed by atoms with van der Waals surface area (Å²) in [5.74, 6) is 1.80. The maximum absolute atomic E-state index is 12.6. The molecule has 20 heavy (non-hydrogen) atoms. The zero-order valence-electron chi connectivity index (χ0n) is 13.0. The fourth-order valence-corrected chi connectivity index (χ4v) is 3.14. The smallest absolute Gasteiger partial charge is 0.223 e. The fourth-order valence-electron chi connectivity index (χ4n) is 3.14. The van der Waals surface area contributed by atoms with Crippen LogP contribution in [0.3, 0.4) is 0 Å². The quantitative estimate of drug-likeness (QED) is 0.741. The highest BCUT2D eigenvalue weighted by molar-refractivity contribution is 5.77. The van der Waals surface area contributed by atoms with Crippen molar-refractivity contribution in [3.8, 4) is 0 Å². The highest BCUT2D eigenvalue weighted by atomic mass is 16.5. The van der Waals surface area contributed by atoms with E-state index in [0.717, 1.165) is 32.6 Å². The van der Waals surface area contributed by atoms with Crippen LogP contribution < -0.4 is 5.73 Å². The molecule has 1 heterocycles. The Kier molecular flexibility index (Phi) is 5.85. The molecule has 1 saturated heterocycles. The van der Waals surface area contributed by atoms with E-state index in [2.05, 4.69) is 18.7 Å². The van der Waals surface area contributed by atoms with Gasteiger partial charge in [0.15, 0.2) is 0 Å². The SMILES string of the molecule is CC(C)C[C@H](CN)CC(=O)N(CC1CCOC1)C1CC1. The summed E-state index contributed by atoms with van der Waals surface area (Å²) in [5, 5.41) is 0. The van der Waals surface area contributed by atoms with E-state index < -0.39 is 0 Å². The van der Waals surface area contributed by atoms with E-state index in [1.807, 2.05) is 0 Å². The number of ether oxygens (including phenoxy) is 1. The van der Waals surface area contributed by atoms with Gasteiger partial charge in [-0.1, -0.05) is 13.8 Å². The van der Waals surface area contributed by atoms with E-state index in [4.69, 9.17) is 10.5 Å². The predicted molar refractivity (Wildman–Crippen MR) is 80.3 cm³/mol. The largest absolute Gasteiger partial charge is 0.381 e. The summed E-state index contributed by atoms with van der Waals surface area (Å²) in [6, 6.07) is 0.501. The Labute approximate surface area is 123 Å². The first-order valence-electron chi connectivity index (χ1n) is 8.17. The predicted octanol–water partition coefficient (Wildman–Crippen LogP) is 2.02. The molecule has 0 aromatic rings. The van der Waals surface area contributed by atoms with Gasteiger partial charge in [0.1, 0.15) is 0 Å². The number of carbonyl (C=O) groups excluding carboxylic acids is 1. The van der Waals surface area contributed by atoms with Crippen LogP contribution in [0.1, 0.15) is 46.0 Å². The lowest BCUT2D eigenvalue weighted by atomic mass is 9.93. The molecule has 0 spiro atoms. The van der Waals surface area contributed by atoms with E-state index in [9.17, 15) is 4.79 Å². The highest BCUT2D eigenvalue weighted by Gasteiger charge is 2.35. The first-order chi connectivity index (χ1) is 9.60. The van der Waals surface area contributed by atoms with E-state index in [1.165, 1.54) is 12.8 Å². The summed E-state index contributed by atoms with van der Waals surface area (Å²) in [5.41, 5.74) is 5.83. The minimum atomic E-state index is 0.315. The van der Waals surface area contributed by atoms with Crippen molar-refractivity contribution in [2.45, 2.75) is 52.0 Å². The molecule has 2 aliphatic rings. The van der Waals surface area contributed by atoms with E-state index >= 15 is 0 Å². The molecule has 2 rings (SSSR count). The molecule has 4 heteroatoms. The second-order valence-corrected chi connectivity index (χ2v) is 6.94. The van der Waals surface area contributed by atoms with Gasteiger partial charge in [-0.15, -0.1) is 0 Å². The molecule has 2 fully saturated rings. The summed E-state index contributed by atoms with van der Waals surface area (Å²) in [6.45, 7) is 7.58. The van der Waals surface area contributed by atoms with E-state index in [0.29, 0.717) is 42.7 Å². The van der Waals surface area contributed by atoms with E-state index in [1.54, 1.807) is 0 Å². The van der Waals surface area contributed by atoms with E-state index in [-0.39, 0.29) is 0 Å². The van der Waals surface area contributed by atoms with Crippen LogP contribution in [0.5, 0.6) is 0 Å². The highest BCUT2D eigenvalue weighted by Crippen LogP contribution is 2.30. The minimum absolute atomic E-state index is 0.315. The van der Waals surface area contributed by atoms with Gasteiger partial charge in [-0.2, -0.15) is 0 Å². The fraction of sp³-hybridized carbons (Fsp3) is 0.938. The molecule has 4 nitrogen and oxygen atoms in total. The Morgan fingerprint density at radius 2 is 2.10 bits per heavy atom. The van der Waals surface area contributed by atoms with Crippen LogP contribution in [0.25, 0.3) is 0 Å². The topological polar surface area (TPSA) is 55.6 Å². The Morgan fingerprint density at radius 1 is 1.35 bits per heavy atom.